The Labute approximate surface area is 161 Å². The van der Waals surface area contributed by atoms with Crippen LogP contribution in [0.1, 0.15) is 44.2 Å². The van der Waals surface area contributed by atoms with Gasteiger partial charge in [0.25, 0.3) is 0 Å². The fourth-order valence-corrected chi connectivity index (χ4v) is 4.93. The fraction of sp³-hybridized carbons (Fsp3) is 0.650. The average Bonchev–Trinajstić information content (AvgIpc) is 3.26. The third-order valence-corrected chi connectivity index (χ3v) is 6.12. The van der Waals surface area contributed by atoms with Crippen molar-refractivity contribution in [3.63, 3.8) is 0 Å². The number of ether oxygens (including phenoxy) is 2. The lowest BCUT2D eigenvalue weighted by Crippen LogP contribution is -2.45. The second-order valence-electron chi connectivity index (χ2n) is 7.79. The molecule has 0 spiro atoms. The Morgan fingerprint density at radius 3 is 2.81 bits per heavy atom. The van der Waals surface area contributed by atoms with Gasteiger partial charge in [-0.25, -0.2) is 0 Å². The number of hydrogen-bond acceptors (Lipinski definition) is 4. The quantitative estimate of drug-likeness (QED) is 0.823. The molecule has 4 rings (SSSR count). The molecule has 2 aliphatic carbocycles. The molecule has 2 saturated carbocycles. The van der Waals surface area contributed by atoms with Gasteiger partial charge in [-0.15, -0.1) is 12.4 Å². The lowest BCUT2D eigenvalue weighted by atomic mass is 9.84. The average molecular weight is 381 g/mol. The monoisotopic (exact) mass is 380 g/mol. The summed E-state index contributed by atoms with van der Waals surface area (Å²) >= 11 is 0. The molecule has 3 N–H and O–H groups in total. The van der Waals surface area contributed by atoms with Crippen molar-refractivity contribution in [2.45, 2.75) is 58.2 Å². The van der Waals surface area contributed by atoms with Crippen LogP contribution >= 0.6 is 12.4 Å². The van der Waals surface area contributed by atoms with E-state index in [4.69, 9.17) is 15.2 Å². The Hall–Kier alpha value is -1.46. The van der Waals surface area contributed by atoms with E-state index in [-0.39, 0.29) is 36.4 Å². The van der Waals surface area contributed by atoms with Crippen molar-refractivity contribution >= 4 is 18.3 Å². The van der Waals surface area contributed by atoms with E-state index >= 15 is 0 Å². The van der Waals surface area contributed by atoms with Gasteiger partial charge in [0.15, 0.2) is 0 Å². The molecule has 0 radical (unpaired) electrons. The summed E-state index contributed by atoms with van der Waals surface area (Å²) < 4.78 is 11.7. The van der Waals surface area contributed by atoms with E-state index in [0.717, 1.165) is 36.3 Å². The molecule has 5 atom stereocenters. The van der Waals surface area contributed by atoms with Gasteiger partial charge in [0.2, 0.25) is 5.91 Å². The number of fused-ring (bicyclic) bond motifs is 3. The van der Waals surface area contributed by atoms with Crippen molar-refractivity contribution in [1.29, 1.82) is 0 Å². The van der Waals surface area contributed by atoms with Crippen LogP contribution in [0.2, 0.25) is 0 Å². The molecule has 1 aromatic carbocycles. The Balaban J connectivity index is 0.00000196. The minimum atomic E-state index is -0.0278. The minimum absolute atomic E-state index is 0. The largest absolute Gasteiger partial charge is 0.494 e. The Morgan fingerprint density at radius 2 is 2.12 bits per heavy atom. The van der Waals surface area contributed by atoms with Crippen LogP contribution < -0.4 is 20.5 Å². The SMILES string of the molecule is CCOc1cc2c(cc1CNC(=O)C1C3CCC(C3)C1N)OC(C)C2.Cl. The summed E-state index contributed by atoms with van der Waals surface area (Å²) in [5.74, 6) is 2.83. The maximum Gasteiger partial charge on any atom is 0.225 e. The molecule has 2 bridgehead atoms. The number of nitrogens with two attached hydrogens (primary N) is 1. The van der Waals surface area contributed by atoms with Crippen LogP contribution in [0.25, 0.3) is 0 Å². The highest BCUT2D eigenvalue weighted by Gasteiger charge is 2.48. The molecule has 2 fully saturated rings. The number of nitrogens with one attached hydrogen (secondary N) is 1. The predicted octanol–water partition coefficient (Wildman–Crippen LogP) is 2.82. The molecule has 5 unspecified atom stereocenters. The van der Waals surface area contributed by atoms with Gasteiger partial charge < -0.3 is 20.5 Å². The first-order chi connectivity index (χ1) is 12.1. The molecule has 6 heteroatoms. The van der Waals surface area contributed by atoms with E-state index in [1.807, 2.05) is 13.0 Å². The second-order valence-corrected chi connectivity index (χ2v) is 7.79. The molecule has 1 amide bonds. The second kappa shape index (κ2) is 7.65. The van der Waals surface area contributed by atoms with Crippen molar-refractivity contribution in [3.05, 3.63) is 23.3 Å². The lowest BCUT2D eigenvalue weighted by Gasteiger charge is -2.27. The first-order valence-corrected chi connectivity index (χ1v) is 9.55. The van der Waals surface area contributed by atoms with E-state index in [9.17, 15) is 4.79 Å². The first-order valence-electron chi connectivity index (χ1n) is 9.55. The smallest absolute Gasteiger partial charge is 0.225 e. The highest BCUT2D eigenvalue weighted by molar-refractivity contribution is 5.85. The molecule has 0 aromatic heterocycles. The van der Waals surface area contributed by atoms with Gasteiger partial charge in [0, 0.05) is 30.1 Å². The van der Waals surface area contributed by atoms with Crippen LogP contribution in [0.15, 0.2) is 12.1 Å². The van der Waals surface area contributed by atoms with Crippen LogP contribution in [0.5, 0.6) is 11.5 Å². The maximum absolute atomic E-state index is 12.7. The summed E-state index contributed by atoms with van der Waals surface area (Å²) in [6.45, 7) is 5.11. The number of halogens is 1. The standard InChI is InChI=1S/C20H28N2O3.ClH/c1-3-24-16-8-14-6-11(2)25-17(14)9-15(16)10-22-20(23)18-12-4-5-13(7-12)19(18)21;/h8-9,11-13,18-19H,3-7,10,21H2,1-2H3,(H,22,23);1H. The molecule has 3 aliphatic rings. The van der Waals surface area contributed by atoms with Crippen LogP contribution in [0.4, 0.5) is 0 Å². The van der Waals surface area contributed by atoms with Gasteiger partial charge in [0.05, 0.1) is 12.5 Å². The number of hydrogen-bond donors (Lipinski definition) is 2. The number of amides is 1. The van der Waals surface area contributed by atoms with Crippen LogP contribution in [-0.4, -0.2) is 24.7 Å². The van der Waals surface area contributed by atoms with Crippen molar-refractivity contribution in [2.24, 2.45) is 23.5 Å². The zero-order valence-electron chi connectivity index (χ0n) is 15.5. The van der Waals surface area contributed by atoms with Crippen molar-refractivity contribution < 1.29 is 14.3 Å². The van der Waals surface area contributed by atoms with E-state index in [0.29, 0.717) is 25.0 Å². The molecule has 26 heavy (non-hydrogen) atoms. The number of benzene rings is 1. The lowest BCUT2D eigenvalue weighted by molar-refractivity contribution is -0.127. The van der Waals surface area contributed by atoms with E-state index in [2.05, 4.69) is 18.3 Å². The maximum atomic E-state index is 12.7. The molecule has 5 nitrogen and oxygen atoms in total. The minimum Gasteiger partial charge on any atom is -0.494 e. The molecular weight excluding hydrogens is 352 g/mol. The summed E-state index contributed by atoms with van der Waals surface area (Å²) in [6, 6.07) is 4.10. The van der Waals surface area contributed by atoms with Crippen LogP contribution in [0, 0.1) is 17.8 Å². The summed E-state index contributed by atoms with van der Waals surface area (Å²) in [5.41, 5.74) is 8.45. The Bertz CT molecular complexity index is 679. The van der Waals surface area contributed by atoms with Gasteiger partial charge in [-0.1, -0.05) is 0 Å². The van der Waals surface area contributed by atoms with Crippen LogP contribution in [0.3, 0.4) is 0 Å². The van der Waals surface area contributed by atoms with Gasteiger partial charge in [-0.3, -0.25) is 4.79 Å². The predicted molar refractivity (Wildman–Crippen MR) is 103 cm³/mol. The molecule has 0 saturated heterocycles. The highest BCUT2D eigenvalue weighted by atomic mass is 35.5. The summed E-state index contributed by atoms with van der Waals surface area (Å²) in [5, 5.41) is 3.10. The Kier molecular flexibility index (Phi) is 5.68. The van der Waals surface area contributed by atoms with Gasteiger partial charge >= 0.3 is 0 Å². The molecule has 144 valence electrons. The fourth-order valence-electron chi connectivity index (χ4n) is 4.93. The first kappa shape index (κ1) is 19.3. The Morgan fingerprint density at radius 1 is 1.35 bits per heavy atom. The molecular formula is C20H29ClN2O3. The number of carbonyl (C=O) groups excluding carboxylic acids is 1. The number of rotatable bonds is 5. The van der Waals surface area contributed by atoms with E-state index in [1.54, 1.807) is 0 Å². The van der Waals surface area contributed by atoms with Crippen molar-refractivity contribution in [1.82, 2.24) is 5.32 Å². The van der Waals surface area contributed by atoms with Gasteiger partial charge in [0.1, 0.15) is 17.6 Å². The number of carbonyl (C=O) groups is 1. The topological polar surface area (TPSA) is 73.6 Å². The van der Waals surface area contributed by atoms with E-state index in [1.165, 1.54) is 12.0 Å². The molecule has 1 aliphatic heterocycles. The molecule has 1 heterocycles. The normalized spacial score (nSPS) is 31.1. The summed E-state index contributed by atoms with van der Waals surface area (Å²) in [4.78, 5) is 12.7. The third kappa shape index (κ3) is 3.39. The summed E-state index contributed by atoms with van der Waals surface area (Å²) in [7, 11) is 0. The summed E-state index contributed by atoms with van der Waals surface area (Å²) in [6.07, 6.45) is 4.55. The zero-order valence-corrected chi connectivity index (χ0v) is 16.3. The van der Waals surface area contributed by atoms with E-state index < -0.39 is 0 Å². The van der Waals surface area contributed by atoms with Gasteiger partial charge in [-0.05, 0) is 57.1 Å². The van der Waals surface area contributed by atoms with Gasteiger partial charge in [-0.2, -0.15) is 0 Å². The van der Waals surface area contributed by atoms with Crippen molar-refractivity contribution in [3.8, 4) is 11.5 Å². The van der Waals surface area contributed by atoms with Crippen molar-refractivity contribution in [2.75, 3.05) is 6.61 Å². The zero-order chi connectivity index (χ0) is 17.6. The van der Waals surface area contributed by atoms with Crippen LogP contribution in [-0.2, 0) is 17.8 Å². The third-order valence-electron chi connectivity index (χ3n) is 6.12. The molecule has 1 aromatic rings. The highest BCUT2D eigenvalue weighted by Crippen LogP contribution is 2.47.